The molecule has 170 valence electrons. The molecule has 0 spiro atoms. The Kier molecular flexibility index (Phi) is 5.77. The van der Waals surface area contributed by atoms with Crippen molar-refractivity contribution < 1.29 is 9.90 Å². The topological polar surface area (TPSA) is 102 Å². The fourth-order valence-corrected chi connectivity index (χ4v) is 4.80. The van der Waals surface area contributed by atoms with Crippen molar-refractivity contribution in [2.75, 3.05) is 0 Å². The van der Waals surface area contributed by atoms with Crippen molar-refractivity contribution in [2.24, 2.45) is 10.2 Å². The minimum Gasteiger partial charge on any atom is -0.493 e. The molecule has 2 aromatic carbocycles. The highest BCUT2D eigenvalue weighted by Crippen LogP contribution is 2.39. The monoisotopic (exact) mass is 471 g/mol. The summed E-state index contributed by atoms with van der Waals surface area (Å²) in [5.74, 6) is -0.694. The standard InChI is InChI=1S/C25H21N5O3S/c1-2-17-12-19-23(34-17)26-15-29(24(19)32)14-21(31)27-28-22-18-10-6-7-11-20(18)30(25(22)33)13-16-8-4-3-5-9-16/h3-12,15,33H,2,13-14H2,1H3. The summed E-state index contributed by atoms with van der Waals surface area (Å²) in [6, 6.07) is 19.0. The third-order valence-electron chi connectivity index (χ3n) is 5.59. The molecule has 1 amide bonds. The third-order valence-corrected chi connectivity index (χ3v) is 6.77. The van der Waals surface area contributed by atoms with Crippen molar-refractivity contribution in [3.63, 3.8) is 0 Å². The lowest BCUT2D eigenvalue weighted by Gasteiger charge is -2.06. The number of aromatic hydroxyl groups is 1. The molecular weight excluding hydrogens is 450 g/mol. The highest BCUT2D eigenvalue weighted by atomic mass is 32.1. The van der Waals surface area contributed by atoms with Gasteiger partial charge in [-0.05, 0) is 24.1 Å². The van der Waals surface area contributed by atoms with Crippen LogP contribution in [0.15, 0.2) is 82.0 Å². The van der Waals surface area contributed by atoms with E-state index in [2.05, 4.69) is 15.2 Å². The van der Waals surface area contributed by atoms with E-state index in [1.54, 1.807) is 4.57 Å². The van der Waals surface area contributed by atoms with Crippen molar-refractivity contribution in [2.45, 2.75) is 26.4 Å². The molecular formula is C25H21N5O3S. The third kappa shape index (κ3) is 4.01. The van der Waals surface area contributed by atoms with Crippen LogP contribution in [0.1, 0.15) is 17.4 Å². The number of hydrogen-bond acceptors (Lipinski definition) is 6. The van der Waals surface area contributed by atoms with E-state index in [1.165, 1.54) is 22.2 Å². The Balaban J connectivity index is 1.43. The van der Waals surface area contributed by atoms with Crippen LogP contribution in [0.5, 0.6) is 5.88 Å². The van der Waals surface area contributed by atoms with E-state index >= 15 is 0 Å². The molecule has 5 rings (SSSR count). The first-order chi connectivity index (χ1) is 16.5. The smallest absolute Gasteiger partial charge is 0.284 e. The predicted molar refractivity (Wildman–Crippen MR) is 132 cm³/mol. The molecule has 3 aromatic heterocycles. The van der Waals surface area contributed by atoms with Crippen LogP contribution in [0, 0.1) is 0 Å². The Hall–Kier alpha value is -4.11. The molecule has 0 saturated heterocycles. The van der Waals surface area contributed by atoms with E-state index in [-0.39, 0.29) is 23.7 Å². The average molecular weight is 472 g/mol. The average Bonchev–Trinajstić information content (AvgIpc) is 3.40. The van der Waals surface area contributed by atoms with Crippen molar-refractivity contribution in [3.8, 4) is 5.88 Å². The zero-order chi connectivity index (χ0) is 23.7. The van der Waals surface area contributed by atoms with Gasteiger partial charge in [0.1, 0.15) is 11.4 Å². The fourth-order valence-electron chi connectivity index (χ4n) is 3.88. The number of thiophene rings is 1. The number of azo groups is 1. The molecule has 8 nitrogen and oxygen atoms in total. The van der Waals surface area contributed by atoms with Crippen molar-refractivity contribution in [1.29, 1.82) is 0 Å². The van der Waals surface area contributed by atoms with Gasteiger partial charge < -0.3 is 9.67 Å². The maximum Gasteiger partial charge on any atom is 0.284 e. The summed E-state index contributed by atoms with van der Waals surface area (Å²) in [6.07, 6.45) is 2.17. The maximum atomic E-state index is 12.7. The van der Waals surface area contributed by atoms with Crippen LogP contribution in [0.3, 0.4) is 0 Å². The van der Waals surface area contributed by atoms with Gasteiger partial charge in [0, 0.05) is 10.3 Å². The number of carbonyl (C=O) groups excluding carboxylic acids is 1. The second-order valence-corrected chi connectivity index (χ2v) is 8.93. The van der Waals surface area contributed by atoms with E-state index in [9.17, 15) is 14.7 Å². The summed E-state index contributed by atoms with van der Waals surface area (Å²) in [5.41, 5.74) is 1.72. The number of rotatable bonds is 6. The number of aryl methyl sites for hydroxylation is 1. The largest absolute Gasteiger partial charge is 0.493 e. The zero-order valence-electron chi connectivity index (χ0n) is 18.4. The van der Waals surface area contributed by atoms with E-state index in [0.29, 0.717) is 22.1 Å². The van der Waals surface area contributed by atoms with Crippen LogP contribution in [-0.2, 0) is 24.3 Å². The van der Waals surface area contributed by atoms with Gasteiger partial charge in [0.25, 0.3) is 11.5 Å². The first kappa shape index (κ1) is 21.7. The number of carbonyl (C=O) groups is 1. The number of fused-ring (bicyclic) bond motifs is 2. The van der Waals surface area contributed by atoms with Gasteiger partial charge in [-0.15, -0.1) is 21.6 Å². The molecule has 0 radical (unpaired) electrons. The van der Waals surface area contributed by atoms with E-state index in [0.717, 1.165) is 22.4 Å². The van der Waals surface area contributed by atoms with E-state index < -0.39 is 5.91 Å². The second-order valence-electron chi connectivity index (χ2n) is 7.82. The van der Waals surface area contributed by atoms with Crippen LogP contribution in [-0.4, -0.2) is 25.1 Å². The van der Waals surface area contributed by atoms with Crippen molar-refractivity contribution >= 4 is 44.1 Å². The summed E-state index contributed by atoms with van der Waals surface area (Å²) in [5, 5.41) is 19.9. The SMILES string of the molecule is CCc1cc2c(=O)n(CC(=O)N=Nc3c(O)n(Cc4ccccc4)c4ccccc34)cnc2s1. The van der Waals surface area contributed by atoms with Gasteiger partial charge in [0.2, 0.25) is 5.88 Å². The molecule has 0 aliphatic carbocycles. The van der Waals surface area contributed by atoms with Gasteiger partial charge in [-0.25, -0.2) is 4.98 Å². The maximum absolute atomic E-state index is 12.7. The number of aromatic nitrogens is 3. The highest BCUT2D eigenvalue weighted by molar-refractivity contribution is 7.18. The van der Waals surface area contributed by atoms with Crippen molar-refractivity contribution in [1.82, 2.24) is 14.1 Å². The molecule has 0 aliphatic heterocycles. The lowest BCUT2D eigenvalue weighted by atomic mass is 10.2. The predicted octanol–water partition coefficient (Wildman–Crippen LogP) is 5.04. The van der Waals surface area contributed by atoms with Gasteiger partial charge in [-0.1, -0.05) is 55.5 Å². The van der Waals surface area contributed by atoms with Gasteiger partial charge in [-0.2, -0.15) is 0 Å². The Morgan fingerprint density at radius 2 is 1.85 bits per heavy atom. The van der Waals surface area contributed by atoms with Gasteiger partial charge >= 0.3 is 0 Å². The molecule has 0 unspecified atom stereocenters. The lowest BCUT2D eigenvalue weighted by molar-refractivity contribution is -0.118. The Morgan fingerprint density at radius 3 is 2.65 bits per heavy atom. The zero-order valence-corrected chi connectivity index (χ0v) is 19.2. The van der Waals surface area contributed by atoms with Crippen LogP contribution in [0.2, 0.25) is 0 Å². The van der Waals surface area contributed by atoms with Crippen LogP contribution < -0.4 is 5.56 Å². The van der Waals surface area contributed by atoms with Crippen LogP contribution in [0.25, 0.3) is 21.1 Å². The molecule has 0 fully saturated rings. The summed E-state index contributed by atoms with van der Waals surface area (Å²) < 4.78 is 2.96. The summed E-state index contributed by atoms with van der Waals surface area (Å²) >= 11 is 1.47. The number of amides is 1. The molecule has 0 bridgehead atoms. The molecule has 34 heavy (non-hydrogen) atoms. The lowest BCUT2D eigenvalue weighted by Crippen LogP contribution is -2.23. The normalized spacial score (nSPS) is 11.7. The van der Waals surface area contributed by atoms with Crippen LogP contribution >= 0.6 is 11.3 Å². The highest BCUT2D eigenvalue weighted by Gasteiger charge is 2.17. The Bertz CT molecular complexity index is 1600. The molecule has 0 saturated carbocycles. The summed E-state index contributed by atoms with van der Waals surface area (Å²) in [4.78, 5) is 31.3. The van der Waals surface area contributed by atoms with Crippen molar-refractivity contribution in [3.05, 3.63) is 87.8 Å². The van der Waals surface area contributed by atoms with Gasteiger partial charge in [0.05, 0.1) is 23.8 Å². The van der Waals surface area contributed by atoms with Gasteiger partial charge in [-0.3, -0.25) is 14.2 Å². The van der Waals surface area contributed by atoms with Crippen LogP contribution in [0.4, 0.5) is 5.69 Å². The molecule has 0 aliphatic rings. The molecule has 1 N–H and O–H groups in total. The Labute approximate surface area is 198 Å². The molecule has 3 heterocycles. The summed E-state index contributed by atoms with van der Waals surface area (Å²) in [6.45, 7) is 2.17. The minimum absolute atomic E-state index is 0.0766. The first-order valence-corrected chi connectivity index (χ1v) is 11.6. The Morgan fingerprint density at radius 1 is 1.09 bits per heavy atom. The molecule has 0 atom stereocenters. The fraction of sp³-hybridized carbons (Fsp3) is 0.160. The van der Waals surface area contributed by atoms with E-state index in [1.807, 2.05) is 67.6 Å². The second kappa shape index (κ2) is 9.03. The summed E-state index contributed by atoms with van der Waals surface area (Å²) in [7, 11) is 0. The number of para-hydroxylation sites is 1. The minimum atomic E-state index is -0.617. The number of benzene rings is 2. The number of hydrogen-bond donors (Lipinski definition) is 1. The molecule has 9 heteroatoms. The van der Waals surface area contributed by atoms with Gasteiger partial charge in [0.15, 0.2) is 5.69 Å². The molecule has 5 aromatic rings. The van der Waals surface area contributed by atoms with E-state index in [4.69, 9.17) is 0 Å². The number of nitrogens with zero attached hydrogens (tertiary/aromatic N) is 5. The first-order valence-electron chi connectivity index (χ1n) is 10.8. The quantitative estimate of drug-likeness (QED) is 0.351.